The Morgan fingerprint density at radius 2 is 1.95 bits per heavy atom. The van der Waals surface area contributed by atoms with Crippen molar-refractivity contribution in [3.05, 3.63) is 23.3 Å². The van der Waals surface area contributed by atoms with Gasteiger partial charge >= 0.3 is 5.97 Å². The number of rotatable bonds is 3. The Balaban J connectivity index is 2.40. The maximum Gasteiger partial charge on any atom is 0.328 e. The average molecular weight is 293 g/mol. The Hall–Kier alpha value is -1.75. The summed E-state index contributed by atoms with van der Waals surface area (Å²) in [7, 11) is 3.21. The highest BCUT2D eigenvalue weighted by molar-refractivity contribution is 5.80. The molecular formula is C16H23NO4. The molecule has 1 aliphatic rings. The molecule has 0 spiro atoms. The second-order valence-electron chi connectivity index (χ2n) is 6.07. The highest BCUT2D eigenvalue weighted by Gasteiger charge is 2.33. The van der Waals surface area contributed by atoms with E-state index >= 15 is 0 Å². The number of nitrogens with one attached hydrogen (secondary N) is 1. The minimum absolute atomic E-state index is 0.285. The fourth-order valence-corrected chi connectivity index (χ4v) is 2.49. The minimum Gasteiger partial charge on any atom is -0.497 e. The van der Waals surface area contributed by atoms with E-state index in [1.807, 2.05) is 26.8 Å². The lowest BCUT2D eigenvalue weighted by molar-refractivity contribution is -0.157. The van der Waals surface area contributed by atoms with Crippen LogP contribution in [0, 0.1) is 0 Å². The Bertz CT molecular complexity index is 517. The maximum atomic E-state index is 12.4. The van der Waals surface area contributed by atoms with Crippen LogP contribution in [-0.2, 0) is 16.0 Å². The molecule has 0 saturated heterocycles. The van der Waals surface area contributed by atoms with Gasteiger partial charge in [-0.2, -0.15) is 0 Å². The van der Waals surface area contributed by atoms with Gasteiger partial charge in [-0.05, 0) is 38.8 Å². The van der Waals surface area contributed by atoms with E-state index in [-0.39, 0.29) is 5.97 Å². The molecule has 0 amide bonds. The van der Waals surface area contributed by atoms with Crippen molar-refractivity contribution >= 4 is 5.97 Å². The van der Waals surface area contributed by atoms with Gasteiger partial charge < -0.3 is 19.5 Å². The first kappa shape index (κ1) is 15.6. The fourth-order valence-electron chi connectivity index (χ4n) is 2.49. The molecule has 1 N–H and O–H groups in total. The third-order valence-electron chi connectivity index (χ3n) is 3.33. The van der Waals surface area contributed by atoms with Gasteiger partial charge in [0.2, 0.25) is 0 Å². The van der Waals surface area contributed by atoms with Gasteiger partial charge in [0.25, 0.3) is 0 Å². The van der Waals surface area contributed by atoms with E-state index < -0.39 is 11.6 Å². The van der Waals surface area contributed by atoms with Crippen molar-refractivity contribution in [2.45, 2.75) is 38.8 Å². The van der Waals surface area contributed by atoms with Crippen LogP contribution in [0.3, 0.4) is 0 Å². The number of hydrogen-bond donors (Lipinski definition) is 1. The number of fused-ring (bicyclic) bond motifs is 1. The van der Waals surface area contributed by atoms with Crippen molar-refractivity contribution in [1.29, 1.82) is 0 Å². The topological polar surface area (TPSA) is 56.8 Å². The first-order chi connectivity index (χ1) is 9.85. The Morgan fingerprint density at radius 1 is 1.24 bits per heavy atom. The molecule has 1 aromatic rings. The molecule has 116 valence electrons. The van der Waals surface area contributed by atoms with Crippen LogP contribution in [0.2, 0.25) is 0 Å². The second-order valence-corrected chi connectivity index (χ2v) is 6.07. The normalized spacial score (nSPS) is 17.9. The number of carbonyl (C=O) groups excluding carboxylic acids is 1. The third kappa shape index (κ3) is 3.47. The average Bonchev–Trinajstić information content (AvgIpc) is 2.43. The number of ether oxygens (including phenoxy) is 3. The Morgan fingerprint density at radius 3 is 2.52 bits per heavy atom. The summed E-state index contributed by atoms with van der Waals surface area (Å²) in [4.78, 5) is 12.4. The number of methoxy groups -OCH3 is 2. The monoisotopic (exact) mass is 293 g/mol. The molecule has 5 heteroatoms. The Kier molecular flexibility index (Phi) is 4.42. The van der Waals surface area contributed by atoms with Crippen molar-refractivity contribution in [2.24, 2.45) is 0 Å². The molecule has 0 aliphatic carbocycles. The third-order valence-corrected chi connectivity index (χ3v) is 3.33. The van der Waals surface area contributed by atoms with Gasteiger partial charge in [0.1, 0.15) is 23.1 Å². The summed E-state index contributed by atoms with van der Waals surface area (Å²) in [6.07, 6.45) is 0.822. The number of benzene rings is 1. The van der Waals surface area contributed by atoms with E-state index in [2.05, 4.69) is 5.32 Å². The maximum absolute atomic E-state index is 12.4. The smallest absolute Gasteiger partial charge is 0.328 e. The van der Waals surface area contributed by atoms with Crippen molar-refractivity contribution < 1.29 is 19.0 Å². The fraction of sp³-hybridized carbons (Fsp3) is 0.562. The van der Waals surface area contributed by atoms with Crippen molar-refractivity contribution in [2.75, 3.05) is 20.8 Å². The van der Waals surface area contributed by atoms with Crippen molar-refractivity contribution in [1.82, 2.24) is 5.32 Å². The zero-order valence-corrected chi connectivity index (χ0v) is 13.3. The van der Waals surface area contributed by atoms with E-state index in [0.717, 1.165) is 23.3 Å². The van der Waals surface area contributed by atoms with Crippen LogP contribution < -0.4 is 14.8 Å². The predicted octanol–water partition coefficient (Wildman–Crippen LogP) is 2.23. The number of carbonyl (C=O) groups is 1. The second kappa shape index (κ2) is 5.93. The summed E-state index contributed by atoms with van der Waals surface area (Å²) in [6, 6.07) is 3.24. The summed E-state index contributed by atoms with van der Waals surface area (Å²) in [6.45, 7) is 6.30. The lowest BCUT2D eigenvalue weighted by Crippen LogP contribution is -2.39. The van der Waals surface area contributed by atoms with Gasteiger partial charge in [-0.25, -0.2) is 4.79 Å². The molecule has 1 atom stereocenters. The molecule has 0 saturated carbocycles. The summed E-state index contributed by atoms with van der Waals surface area (Å²) in [5.41, 5.74) is 1.38. The van der Waals surface area contributed by atoms with Gasteiger partial charge in [0.05, 0.1) is 14.2 Å². The van der Waals surface area contributed by atoms with Crippen LogP contribution in [-0.4, -0.2) is 32.3 Å². The molecule has 0 radical (unpaired) electrons. The van der Waals surface area contributed by atoms with E-state index in [9.17, 15) is 4.79 Å². The van der Waals surface area contributed by atoms with Gasteiger partial charge in [0.15, 0.2) is 0 Å². The summed E-state index contributed by atoms with van der Waals surface area (Å²) in [5, 5.41) is 3.21. The molecule has 0 aromatic heterocycles. The van der Waals surface area contributed by atoms with Gasteiger partial charge in [-0.3, -0.25) is 0 Å². The molecule has 1 aromatic carbocycles. The van der Waals surface area contributed by atoms with Gasteiger partial charge in [-0.1, -0.05) is 0 Å². The molecule has 1 heterocycles. The van der Waals surface area contributed by atoms with E-state index in [1.165, 1.54) is 0 Å². The summed E-state index contributed by atoms with van der Waals surface area (Å²) < 4.78 is 16.2. The Labute approximate surface area is 125 Å². The molecule has 2 rings (SSSR count). The van der Waals surface area contributed by atoms with Crippen LogP contribution in [0.4, 0.5) is 0 Å². The number of esters is 1. The minimum atomic E-state index is -0.518. The van der Waals surface area contributed by atoms with Crippen LogP contribution in [0.15, 0.2) is 12.1 Å². The first-order valence-corrected chi connectivity index (χ1v) is 7.06. The van der Waals surface area contributed by atoms with E-state index in [4.69, 9.17) is 14.2 Å². The molecule has 21 heavy (non-hydrogen) atoms. The zero-order valence-electron chi connectivity index (χ0n) is 13.3. The zero-order chi connectivity index (χ0) is 15.6. The van der Waals surface area contributed by atoms with Crippen LogP contribution in [0.25, 0.3) is 0 Å². The van der Waals surface area contributed by atoms with E-state index in [0.29, 0.717) is 12.3 Å². The largest absolute Gasteiger partial charge is 0.497 e. The van der Waals surface area contributed by atoms with Crippen LogP contribution in [0.1, 0.15) is 37.9 Å². The quantitative estimate of drug-likeness (QED) is 0.866. The molecular weight excluding hydrogens is 270 g/mol. The standard InChI is InChI=1S/C16H23NO4/c1-16(2,3)21-15(18)14-13-10(6-7-17-14)8-11(19-4)9-12(13)20-5/h8-9,14,17H,6-7H2,1-5H3. The SMILES string of the molecule is COc1cc2c(c(OC)c1)C(C(=O)OC(C)(C)C)NCC2. The molecule has 1 aliphatic heterocycles. The molecule has 1 unspecified atom stereocenters. The lowest BCUT2D eigenvalue weighted by Gasteiger charge is -2.30. The van der Waals surface area contributed by atoms with E-state index in [1.54, 1.807) is 20.3 Å². The lowest BCUT2D eigenvalue weighted by atomic mass is 9.92. The predicted molar refractivity (Wildman–Crippen MR) is 79.8 cm³/mol. The molecule has 5 nitrogen and oxygen atoms in total. The summed E-state index contributed by atoms with van der Waals surface area (Å²) in [5.74, 6) is 1.09. The van der Waals surface area contributed by atoms with Crippen LogP contribution in [0.5, 0.6) is 11.5 Å². The molecule has 0 bridgehead atoms. The van der Waals surface area contributed by atoms with Gasteiger partial charge in [0, 0.05) is 18.2 Å². The first-order valence-electron chi connectivity index (χ1n) is 7.06. The highest BCUT2D eigenvalue weighted by atomic mass is 16.6. The van der Waals surface area contributed by atoms with Crippen LogP contribution >= 0.6 is 0 Å². The van der Waals surface area contributed by atoms with Crippen molar-refractivity contribution in [3.63, 3.8) is 0 Å². The van der Waals surface area contributed by atoms with Crippen molar-refractivity contribution in [3.8, 4) is 11.5 Å². The summed E-state index contributed by atoms with van der Waals surface area (Å²) >= 11 is 0. The van der Waals surface area contributed by atoms with Gasteiger partial charge in [-0.15, -0.1) is 0 Å². The molecule has 0 fully saturated rings. The number of hydrogen-bond acceptors (Lipinski definition) is 5. The highest BCUT2D eigenvalue weighted by Crippen LogP contribution is 2.36.